The van der Waals surface area contributed by atoms with Crippen LogP contribution in [0.4, 0.5) is 5.82 Å². The van der Waals surface area contributed by atoms with E-state index in [1.807, 2.05) is 27.7 Å². The minimum absolute atomic E-state index is 0.0588. The standard InChI is InChI=1S/C23H28ClN7O2/c1-5-33-21-16(14(4)31-23-19(13(3)29-31)22(26)27-11-28-23)6-18(24)17(7-25)20(21)15-8-30(9-15)12(2)10-32/h6,11-12,14-15,32H,5,8-10H2,1-4H3,(H2,26,27,28)/t12-,14?/m0/s1. The van der Waals surface area contributed by atoms with Crippen molar-refractivity contribution in [1.29, 1.82) is 5.26 Å². The van der Waals surface area contributed by atoms with Gasteiger partial charge in [0.25, 0.3) is 0 Å². The van der Waals surface area contributed by atoms with Gasteiger partial charge in [0.15, 0.2) is 5.65 Å². The number of aliphatic hydroxyl groups excluding tert-OH is 1. The van der Waals surface area contributed by atoms with Crippen molar-refractivity contribution in [1.82, 2.24) is 24.6 Å². The van der Waals surface area contributed by atoms with Crippen molar-refractivity contribution >= 4 is 28.5 Å². The number of anilines is 1. The van der Waals surface area contributed by atoms with Crippen LogP contribution in [0.5, 0.6) is 5.75 Å². The number of aliphatic hydroxyl groups is 1. The molecule has 0 amide bonds. The molecule has 3 N–H and O–H groups in total. The Morgan fingerprint density at radius 3 is 2.73 bits per heavy atom. The number of hydrogen-bond acceptors (Lipinski definition) is 8. The maximum Gasteiger partial charge on any atom is 0.164 e. The van der Waals surface area contributed by atoms with Crippen molar-refractivity contribution in [3.63, 3.8) is 0 Å². The molecule has 1 unspecified atom stereocenters. The molecule has 0 spiro atoms. The highest BCUT2D eigenvalue weighted by Gasteiger charge is 2.37. The van der Waals surface area contributed by atoms with Crippen molar-refractivity contribution in [2.75, 3.05) is 32.0 Å². The lowest BCUT2D eigenvalue weighted by molar-refractivity contribution is 0.0618. The number of nitriles is 1. The number of halogens is 1. The van der Waals surface area contributed by atoms with E-state index < -0.39 is 0 Å². The number of rotatable bonds is 7. The molecule has 0 bridgehead atoms. The predicted octanol–water partition coefficient (Wildman–Crippen LogP) is 3.03. The van der Waals surface area contributed by atoms with Gasteiger partial charge in [0.1, 0.15) is 24.0 Å². The third-order valence-corrected chi connectivity index (χ3v) is 6.71. The van der Waals surface area contributed by atoms with E-state index in [0.29, 0.717) is 34.4 Å². The van der Waals surface area contributed by atoms with Crippen molar-refractivity contribution in [2.24, 2.45) is 0 Å². The topological polar surface area (TPSA) is 126 Å². The van der Waals surface area contributed by atoms with Crippen LogP contribution in [0.15, 0.2) is 12.4 Å². The molecular formula is C23H28ClN7O2. The van der Waals surface area contributed by atoms with Crippen LogP contribution in [0.3, 0.4) is 0 Å². The fourth-order valence-electron chi connectivity index (χ4n) is 4.53. The van der Waals surface area contributed by atoms with Gasteiger partial charge in [-0.2, -0.15) is 10.4 Å². The first-order chi connectivity index (χ1) is 15.8. The van der Waals surface area contributed by atoms with E-state index in [1.54, 1.807) is 10.7 Å². The summed E-state index contributed by atoms with van der Waals surface area (Å²) in [6, 6.07) is 3.84. The first kappa shape index (κ1) is 23.2. The molecule has 1 aromatic carbocycles. The van der Waals surface area contributed by atoms with Gasteiger partial charge in [0, 0.05) is 36.2 Å². The quantitative estimate of drug-likeness (QED) is 0.540. The van der Waals surface area contributed by atoms with Gasteiger partial charge in [-0.25, -0.2) is 14.6 Å². The van der Waals surface area contributed by atoms with Gasteiger partial charge in [-0.05, 0) is 33.8 Å². The van der Waals surface area contributed by atoms with Crippen molar-refractivity contribution in [3.8, 4) is 11.8 Å². The summed E-state index contributed by atoms with van der Waals surface area (Å²) in [6.07, 6.45) is 1.42. The summed E-state index contributed by atoms with van der Waals surface area (Å²) in [4.78, 5) is 10.7. The summed E-state index contributed by atoms with van der Waals surface area (Å²) in [5, 5.41) is 25.2. The van der Waals surface area contributed by atoms with E-state index in [1.165, 1.54) is 6.33 Å². The molecule has 33 heavy (non-hydrogen) atoms. The van der Waals surface area contributed by atoms with E-state index in [-0.39, 0.29) is 24.6 Å². The summed E-state index contributed by atoms with van der Waals surface area (Å²) >= 11 is 6.63. The van der Waals surface area contributed by atoms with E-state index in [2.05, 4.69) is 26.0 Å². The van der Waals surface area contributed by atoms with Gasteiger partial charge in [0.05, 0.1) is 40.9 Å². The molecule has 10 heteroatoms. The first-order valence-electron chi connectivity index (χ1n) is 11.0. The number of hydrogen-bond donors (Lipinski definition) is 2. The van der Waals surface area contributed by atoms with Gasteiger partial charge in [-0.1, -0.05) is 11.6 Å². The number of nitrogens with zero attached hydrogens (tertiary/aromatic N) is 6. The van der Waals surface area contributed by atoms with E-state index in [4.69, 9.17) is 22.1 Å². The molecule has 3 heterocycles. The van der Waals surface area contributed by atoms with Crippen LogP contribution in [0, 0.1) is 18.3 Å². The van der Waals surface area contributed by atoms with E-state index in [0.717, 1.165) is 35.3 Å². The molecule has 1 aliphatic heterocycles. The van der Waals surface area contributed by atoms with Gasteiger partial charge >= 0.3 is 0 Å². The SMILES string of the molecule is CCOc1c(C(C)n2nc(C)c3c(N)ncnc32)cc(Cl)c(C#N)c1C1CN([C@@H](C)CO)C1. The summed E-state index contributed by atoms with van der Waals surface area (Å²) in [5.74, 6) is 1.12. The zero-order valence-electron chi connectivity index (χ0n) is 19.2. The summed E-state index contributed by atoms with van der Waals surface area (Å²) in [5.41, 5.74) is 9.52. The molecule has 3 aromatic rings. The number of aromatic nitrogens is 4. The van der Waals surface area contributed by atoms with Crippen LogP contribution in [-0.2, 0) is 0 Å². The number of fused-ring (bicyclic) bond motifs is 1. The summed E-state index contributed by atoms with van der Waals surface area (Å²) in [6.45, 7) is 9.74. The predicted molar refractivity (Wildman–Crippen MR) is 126 cm³/mol. The number of aryl methyl sites for hydroxylation is 1. The van der Waals surface area contributed by atoms with E-state index >= 15 is 0 Å². The third-order valence-electron chi connectivity index (χ3n) is 6.41. The molecule has 1 fully saturated rings. The second-order valence-electron chi connectivity index (χ2n) is 8.46. The van der Waals surface area contributed by atoms with E-state index in [9.17, 15) is 10.4 Å². The maximum atomic E-state index is 9.91. The van der Waals surface area contributed by atoms with Gasteiger partial charge < -0.3 is 15.6 Å². The Morgan fingerprint density at radius 2 is 2.09 bits per heavy atom. The lowest BCUT2D eigenvalue weighted by Crippen LogP contribution is -2.51. The number of nitrogen functional groups attached to an aromatic ring is 1. The summed E-state index contributed by atoms with van der Waals surface area (Å²) < 4.78 is 7.95. The molecule has 9 nitrogen and oxygen atoms in total. The second kappa shape index (κ2) is 9.14. The molecule has 4 rings (SSSR count). The smallest absolute Gasteiger partial charge is 0.164 e. The minimum atomic E-state index is -0.284. The second-order valence-corrected chi connectivity index (χ2v) is 8.86. The highest BCUT2D eigenvalue weighted by Crippen LogP contribution is 2.44. The molecule has 2 aromatic heterocycles. The first-order valence-corrected chi connectivity index (χ1v) is 11.4. The van der Waals surface area contributed by atoms with Crippen LogP contribution in [-0.4, -0.2) is 62.1 Å². The zero-order valence-corrected chi connectivity index (χ0v) is 20.0. The Kier molecular flexibility index (Phi) is 6.43. The molecule has 2 atom stereocenters. The van der Waals surface area contributed by atoms with Crippen LogP contribution in [0.1, 0.15) is 55.1 Å². The Labute approximate surface area is 197 Å². The highest BCUT2D eigenvalue weighted by molar-refractivity contribution is 6.32. The maximum absolute atomic E-state index is 9.91. The van der Waals surface area contributed by atoms with Crippen molar-refractivity contribution in [2.45, 2.75) is 45.7 Å². The molecule has 1 aliphatic rings. The Balaban J connectivity index is 1.85. The molecule has 0 saturated carbocycles. The molecule has 0 aliphatic carbocycles. The number of likely N-dealkylation sites (tertiary alicyclic amines) is 1. The highest BCUT2D eigenvalue weighted by atomic mass is 35.5. The monoisotopic (exact) mass is 469 g/mol. The molecule has 1 saturated heterocycles. The number of ether oxygens (including phenoxy) is 1. The fourth-order valence-corrected chi connectivity index (χ4v) is 4.79. The third kappa shape index (κ3) is 3.88. The Bertz CT molecular complexity index is 1230. The van der Waals surface area contributed by atoms with Gasteiger partial charge in [-0.3, -0.25) is 4.90 Å². The molecule has 174 valence electrons. The van der Waals surface area contributed by atoms with Crippen molar-refractivity contribution < 1.29 is 9.84 Å². The van der Waals surface area contributed by atoms with Crippen LogP contribution in [0.2, 0.25) is 5.02 Å². The normalized spacial score (nSPS) is 16.4. The zero-order chi connectivity index (χ0) is 23.9. The Hall–Kier alpha value is -2.93. The van der Waals surface area contributed by atoms with Crippen LogP contribution >= 0.6 is 11.6 Å². The van der Waals surface area contributed by atoms with Crippen molar-refractivity contribution in [3.05, 3.63) is 39.8 Å². The molecule has 0 radical (unpaired) electrons. The fraction of sp³-hybridized carbons (Fsp3) is 0.478. The number of benzene rings is 1. The summed E-state index contributed by atoms with van der Waals surface area (Å²) in [7, 11) is 0. The average molecular weight is 470 g/mol. The Morgan fingerprint density at radius 1 is 1.36 bits per heavy atom. The lowest BCUT2D eigenvalue weighted by atomic mass is 9.84. The average Bonchev–Trinajstić information content (AvgIpc) is 3.11. The van der Waals surface area contributed by atoms with Gasteiger partial charge in [0.2, 0.25) is 0 Å². The van der Waals surface area contributed by atoms with Crippen LogP contribution < -0.4 is 10.5 Å². The van der Waals surface area contributed by atoms with Gasteiger partial charge in [-0.15, -0.1) is 0 Å². The largest absolute Gasteiger partial charge is 0.493 e. The van der Waals surface area contributed by atoms with Crippen LogP contribution in [0.25, 0.3) is 11.0 Å². The molecular weight excluding hydrogens is 442 g/mol. The number of nitrogens with two attached hydrogens (primary N) is 1. The lowest BCUT2D eigenvalue weighted by Gasteiger charge is -2.44. The minimum Gasteiger partial charge on any atom is -0.493 e.